The molecule has 12 nitrogen and oxygen atoms in total. The summed E-state index contributed by atoms with van der Waals surface area (Å²) in [6, 6.07) is 11.3. The van der Waals surface area contributed by atoms with Gasteiger partial charge in [-0.2, -0.15) is 0 Å². The number of aromatic amines is 1. The smallest absolute Gasteiger partial charge is 0.376 e. The highest BCUT2D eigenvalue weighted by Gasteiger charge is 2.43. The summed E-state index contributed by atoms with van der Waals surface area (Å²) in [4.78, 5) is 44.1. The summed E-state index contributed by atoms with van der Waals surface area (Å²) in [6.45, 7) is 1.78. The average Bonchev–Trinajstić information content (AvgIpc) is 3.39. The maximum Gasteiger partial charge on any atom is 0.412 e. The summed E-state index contributed by atoms with van der Waals surface area (Å²) >= 11 is 0. The molecule has 1 saturated heterocycles. The van der Waals surface area contributed by atoms with E-state index in [1.54, 1.807) is 36.8 Å². The fourth-order valence-electron chi connectivity index (χ4n) is 3.87. The number of halogens is 1. The number of ether oxygens (including phenoxy) is 3. The van der Waals surface area contributed by atoms with Gasteiger partial charge in [-0.25, -0.2) is 24.1 Å². The van der Waals surface area contributed by atoms with Crippen LogP contribution in [-0.2, 0) is 25.5 Å². The average molecular weight is 534 g/mol. The van der Waals surface area contributed by atoms with E-state index in [-0.39, 0.29) is 19.0 Å². The van der Waals surface area contributed by atoms with Crippen LogP contribution in [0.25, 0.3) is 22.6 Å². The normalized spacial score (nSPS) is 18.9. The number of benzene rings is 1. The van der Waals surface area contributed by atoms with Crippen molar-refractivity contribution in [2.75, 3.05) is 18.5 Å². The number of esters is 1. The molecule has 0 atom stereocenters. The van der Waals surface area contributed by atoms with E-state index < -0.39 is 23.8 Å². The topological polar surface area (TPSA) is 167 Å². The Morgan fingerprint density at radius 3 is 2.62 bits per heavy atom. The van der Waals surface area contributed by atoms with Crippen LogP contribution in [0.1, 0.15) is 24.6 Å². The van der Waals surface area contributed by atoms with Gasteiger partial charge in [0.25, 0.3) is 0 Å². The number of amides is 1. The molecule has 0 aliphatic carbocycles. The van der Waals surface area contributed by atoms with Gasteiger partial charge in [0.1, 0.15) is 11.2 Å². The number of H-pyrrole nitrogens is 1. The molecule has 1 aliphatic rings. The van der Waals surface area contributed by atoms with E-state index in [0.29, 0.717) is 41.0 Å². The Hall–Kier alpha value is -4.75. The summed E-state index contributed by atoms with van der Waals surface area (Å²) < 4.78 is 29.7. The first kappa shape index (κ1) is 25.9. The summed E-state index contributed by atoms with van der Waals surface area (Å²) in [5, 5.41) is 3.17. The molecule has 1 aliphatic heterocycles. The molecule has 0 bridgehead atoms. The Morgan fingerprint density at radius 1 is 1.15 bits per heavy atom. The van der Waals surface area contributed by atoms with E-state index in [2.05, 4.69) is 35.0 Å². The van der Waals surface area contributed by atoms with Gasteiger partial charge in [0.2, 0.25) is 12.2 Å². The van der Waals surface area contributed by atoms with Gasteiger partial charge in [0.15, 0.2) is 5.82 Å². The van der Waals surface area contributed by atoms with Crippen LogP contribution >= 0.6 is 0 Å². The molecule has 0 radical (unpaired) electrons. The number of imidazole rings is 1. The van der Waals surface area contributed by atoms with E-state index in [0.717, 1.165) is 5.56 Å². The molecule has 1 aromatic carbocycles. The van der Waals surface area contributed by atoms with E-state index in [9.17, 15) is 14.0 Å². The second-order valence-corrected chi connectivity index (χ2v) is 9.06. The zero-order chi connectivity index (χ0) is 27.4. The minimum atomic E-state index is -1.23. The molecule has 39 heavy (non-hydrogen) atoms. The molecule has 13 heteroatoms. The fourth-order valence-corrected chi connectivity index (χ4v) is 3.87. The van der Waals surface area contributed by atoms with E-state index in [1.807, 2.05) is 12.1 Å². The van der Waals surface area contributed by atoms with Crippen molar-refractivity contribution in [3.05, 3.63) is 78.3 Å². The first-order valence-corrected chi connectivity index (χ1v) is 11.9. The third kappa shape index (κ3) is 5.89. The number of nitrogens with two attached hydrogens (primary N) is 1. The number of carbonyl (C=O) groups is 2. The van der Waals surface area contributed by atoms with Crippen molar-refractivity contribution >= 4 is 18.0 Å². The molecule has 4 heterocycles. The molecule has 4 N–H and O–H groups in total. The standard InChI is InChI=1S/C26H24FN7O5/c1-26(23(35)39-24(28)36)13-37-22(38-14-26)21-33-19(16-4-6-17(27)7-5-16)20(34-21)18-8-10-30-25(32-18)31-12-15-3-2-9-29-11-15/h2-11,22H,12-14H2,1H3,(H2,28,36)(H,33,34)(H,30,31,32). The fraction of sp³-hybridized carbons (Fsp3) is 0.231. The minimum absolute atomic E-state index is 0.110. The predicted octanol–water partition coefficient (Wildman–Crippen LogP) is 3.35. The summed E-state index contributed by atoms with van der Waals surface area (Å²) in [7, 11) is 0. The lowest BCUT2D eigenvalue weighted by atomic mass is 9.92. The molecule has 3 aromatic heterocycles. The third-order valence-corrected chi connectivity index (χ3v) is 5.94. The SMILES string of the molecule is CC1(C(=O)OC(N)=O)COC(c2nc(-c3ccc(F)cc3)c(-c3ccnc(NCc4cccnc4)n3)[nH]2)OC1. The quantitative estimate of drug-likeness (QED) is 0.237. The van der Waals surface area contributed by atoms with Gasteiger partial charge in [-0.3, -0.25) is 9.78 Å². The van der Waals surface area contributed by atoms with Gasteiger partial charge < -0.3 is 30.2 Å². The number of primary amides is 1. The third-order valence-electron chi connectivity index (χ3n) is 5.94. The lowest BCUT2D eigenvalue weighted by molar-refractivity contribution is -0.236. The largest absolute Gasteiger partial charge is 0.412 e. The highest BCUT2D eigenvalue weighted by Crippen LogP contribution is 2.36. The second-order valence-electron chi connectivity index (χ2n) is 9.06. The Kier molecular flexibility index (Phi) is 7.25. The van der Waals surface area contributed by atoms with Crippen LogP contribution in [0.2, 0.25) is 0 Å². The Morgan fingerprint density at radius 2 is 1.92 bits per heavy atom. The Labute approximate surface area is 221 Å². The zero-order valence-corrected chi connectivity index (χ0v) is 20.8. The molecule has 0 unspecified atom stereocenters. The number of hydrogen-bond acceptors (Lipinski definition) is 10. The Balaban J connectivity index is 1.42. The van der Waals surface area contributed by atoms with Crippen LogP contribution in [0.15, 0.2) is 61.1 Å². The van der Waals surface area contributed by atoms with E-state index in [4.69, 9.17) is 15.2 Å². The van der Waals surface area contributed by atoms with Gasteiger partial charge in [-0.05, 0) is 48.9 Å². The Bertz CT molecular complexity index is 1470. The number of rotatable bonds is 7. The van der Waals surface area contributed by atoms with Gasteiger partial charge in [0, 0.05) is 30.7 Å². The molecule has 0 saturated carbocycles. The van der Waals surface area contributed by atoms with Gasteiger partial charge in [0.05, 0.1) is 30.3 Å². The van der Waals surface area contributed by atoms with Crippen molar-refractivity contribution in [1.29, 1.82) is 0 Å². The first-order valence-electron chi connectivity index (χ1n) is 11.9. The number of nitrogens with zero attached hydrogens (tertiary/aromatic N) is 4. The molecule has 5 rings (SSSR count). The zero-order valence-electron chi connectivity index (χ0n) is 20.8. The maximum absolute atomic E-state index is 13.6. The molecule has 0 spiro atoms. The van der Waals surface area contributed by atoms with Crippen LogP contribution < -0.4 is 11.1 Å². The highest BCUT2D eigenvalue weighted by molar-refractivity contribution is 5.87. The first-order chi connectivity index (χ1) is 18.8. The molecular weight excluding hydrogens is 509 g/mol. The van der Waals surface area contributed by atoms with Crippen molar-refractivity contribution in [2.45, 2.75) is 19.8 Å². The van der Waals surface area contributed by atoms with Crippen molar-refractivity contribution in [3.8, 4) is 22.6 Å². The number of pyridine rings is 1. The molecule has 1 fully saturated rings. The second kappa shape index (κ2) is 10.9. The van der Waals surface area contributed by atoms with Crippen molar-refractivity contribution in [1.82, 2.24) is 24.9 Å². The summed E-state index contributed by atoms with van der Waals surface area (Å²) in [5.74, 6) is -0.557. The number of nitrogens with one attached hydrogen (secondary N) is 2. The van der Waals surface area contributed by atoms with Crippen LogP contribution in [-0.4, -0.2) is 50.2 Å². The summed E-state index contributed by atoms with van der Waals surface area (Å²) in [5.41, 5.74) is 6.83. The maximum atomic E-state index is 13.6. The van der Waals surface area contributed by atoms with Gasteiger partial charge in [-0.15, -0.1) is 0 Å². The number of carbonyl (C=O) groups excluding carboxylic acids is 2. The molecular formula is C26H24FN7O5. The number of anilines is 1. The highest BCUT2D eigenvalue weighted by atomic mass is 19.1. The lowest BCUT2D eigenvalue weighted by Crippen LogP contribution is -2.45. The predicted molar refractivity (Wildman–Crippen MR) is 135 cm³/mol. The van der Waals surface area contributed by atoms with Crippen LogP contribution in [0, 0.1) is 11.2 Å². The molecule has 1 amide bonds. The van der Waals surface area contributed by atoms with Gasteiger partial charge in [-0.1, -0.05) is 6.07 Å². The van der Waals surface area contributed by atoms with Gasteiger partial charge >= 0.3 is 12.1 Å². The minimum Gasteiger partial charge on any atom is -0.376 e. The van der Waals surface area contributed by atoms with Crippen molar-refractivity contribution in [2.24, 2.45) is 11.1 Å². The van der Waals surface area contributed by atoms with Crippen molar-refractivity contribution < 1.29 is 28.2 Å². The van der Waals surface area contributed by atoms with Crippen LogP contribution in [0.5, 0.6) is 0 Å². The number of hydrogen-bond donors (Lipinski definition) is 3. The lowest BCUT2D eigenvalue weighted by Gasteiger charge is -2.34. The molecule has 4 aromatic rings. The van der Waals surface area contributed by atoms with Crippen LogP contribution in [0.3, 0.4) is 0 Å². The van der Waals surface area contributed by atoms with Crippen LogP contribution in [0.4, 0.5) is 15.1 Å². The molecule has 200 valence electrons. The van der Waals surface area contributed by atoms with Crippen molar-refractivity contribution in [3.63, 3.8) is 0 Å². The van der Waals surface area contributed by atoms with E-state index in [1.165, 1.54) is 19.1 Å². The summed E-state index contributed by atoms with van der Waals surface area (Å²) in [6.07, 6.45) is 2.87. The monoisotopic (exact) mass is 533 g/mol. The van der Waals surface area contributed by atoms with E-state index >= 15 is 0 Å². The number of aromatic nitrogens is 5.